The lowest BCUT2D eigenvalue weighted by atomic mass is 9.91. The molecular weight excluding hydrogens is 306 g/mol. The molecule has 6 heteroatoms. The number of hydrogen-bond acceptors (Lipinski definition) is 3. The number of amides is 3. The van der Waals surface area contributed by atoms with E-state index in [0.29, 0.717) is 19.0 Å². The fourth-order valence-electron chi connectivity index (χ4n) is 3.56. The van der Waals surface area contributed by atoms with E-state index in [1.165, 1.54) is 0 Å². The number of nitrogens with zero attached hydrogens (tertiary/aromatic N) is 2. The van der Waals surface area contributed by atoms with Gasteiger partial charge in [-0.1, -0.05) is 13.8 Å². The standard InChI is InChI=1S/C18H27N3O3/c1-3-14-5-6-16(24-14)15-11-13(2)7-10-21(15)17(22)12-20-9-4-8-19-18(20)23/h5-6,13,15H,3-4,7-12H2,1-2H3,(H,19,23)/t13-,15+/m1/s1. The normalized spacial score (nSPS) is 24.8. The number of carbonyl (C=O) groups is 2. The fraction of sp³-hybridized carbons (Fsp3) is 0.667. The lowest BCUT2D eigenvalue weighted by Gasteiger charge is -2.39. The van der Waals surface area contributed by atoms with Crippen molar-refractivity contribution in [2.24, 2.45) is 5.92 Å². The Morgan fingerprint density at radius 3 is 2.92 bits per heavy atom. The molecule has 2 aliphatic rings. The maximum absolute atomic E-state index is 12.8. The molecule has 6 nitrogen and oxygen atoms in total. The molecule has 0 spiro atoms. The lowest BCUT2D eigenvalue weighted by Crippen LogP contribution is -2.52. The van der Waals surface area contributed by atoms with Gasteiger partial charge in [0.25, 0.3) is 0 Å². The minimum absolute atomic E-state index is 0.0124. The van der Waals surface area contributed by atoms with Gasteiger partial charge >= 0.3 is 6.03 Å². The van der Waals surface area contributed by atoms with E-state index in [-0.39, 0.29) is 24.5 Å². The van der Waals surface area contributed by atoms with Crippen LogP contribution in [0.4, 0.5) is 4.79 Å². The molecule has 1 aromatic rings. The first-order chi connectivity index (χ1) is 11.6. The van der Waals surface area contributed by atoms with Crippen molar-refractivity contribution in [3.05, 3.63) is 23.7 Å². The fourth-order valence-corrected chi connectivity index (χ4v) is 3.56. The Balaban J connectivity index is 1.73. The molecule has 2 saturated heterocycles. The number of furan rings is 1. The van der Waals surface area contributed by atoms with Crippen LogP contribution in [-0.4, -0.2) is 47.9 Å². The summed E-state index contributed by atoms with van der Waals surface area (Å²) in [4.78, 5) is 28.2. The maximum atomic E-state index is 12.8. The molecule has 0 aromatic carbocycles. The Morgan fingerprint density at radius 1 is 1.38 bits per heavy atom. The second kappa shape index (κ2) is 7.28. The van der Waals surface area contributed by atoms with Crippen LogP contribution in [0.1, 0.15) is 50.7 Å². The van der Waals surface area contributed by atoms with Gasteiger partial charge < -0.3 is 19.5 Å². The van der Waals surface area contributed by atoms with Crippen LogP contribution in [0.25, 0.3) is 0 Å². The highest BCUT2D eigenvalue weighted by molar-refractivity contribution is 5.84. The molecule has 0 saturated carbocycles. The topological polar surface area (TPSA) is 65.8 Å². The van der Waals surface area contributed by atoms with Crippen molar-refractivity contribution in [3.63, 3.8) is 0 Å². The van der Waals surface area contributed by atoms with E-state index in [9.17, 15) is 9.59 Å². The minimum atomic E-state index is -0.136. The molecular formula is C18H27N3O3. The van der Waals surface area contributed by atoms with E-state index in [2.05, 4.69) is 19.2 Å². The molecule has 132 valence electrons. The van der Waals surface area contributed by atoms with E-state index < -0.39 is 0 Å². The summed E-state index contributed by atoms with van der Waals surface area (Å²) in [7, 11) is 0. The highest BCUT2D eigenvalue weighted by Crippen LogP contribution is 2.35. The van der Waals surface area contributed by atoms with Gasteiger partial charge in [0.2, 0.25) is 5.91 Å². The van der Waals surface area contributed by atoms with E-state index in [1.807, 2.05) is 17.0 Å². The van der Waals surface area contributed by atoms with Gasteiger partial charge in [-0.3, -0.25) is 4.79 Å². The summed E-state index contributed by atoms with van der Waals surface area (Å²) in [6.07, 6.45) is 3.64. The predicted octanol–water partition coefficient (Wildman–Crippen LogP) is 2.56. The molecule has 2 atom stereocenters. The van der Waals surface area contributed by atoms with Gasteiger partial charge in [0.15, 0.2) is 0 Å². The molecule has 1 aromatic heterocycles. The molecule has 2 aliphatic heterocycles. The first-order valence-corrected chi connectivity index (χ1v) is 8.99. The van der Waals surface area contributed by atoms with Crippen molar-refractivity contribution in [2.45, 2.75) is 45.6 Å². The predicted molar refractivity (Wildman–Crippen MR) is 90.5 cm³/mol. The Hall–Kier alpha value is -1.98. The summed E-state index contributed by atoms with van der Waals surface area (Å²) >= 11 is 0. The van der Waals surface area contributed by atoms with Crippen LogP contribution >= 0.6 is 0 Å². The SMILES string of the molecule is CCc1ccc([C@@H]2C[C@H](C)CCN2C(=O)CN2CCCNC2=O)o1. The molecule has 3 amide bonds. The highest BCUT2D eigenvalue weighted by Gasteiger charge is 2.34. The largest absolute Gasteiger partial charge is 0.464 e. The molecule has 3 heterocycles. The van der Waals surface area contributed by atoms with Crippen LogP contribution in [0.3, 0.4) is 0 Å². The summed E-state index contributed by atoms with van der Waals surface area (Å²) in [5, 5.41) is 2.80. The number of aryl methyl sites for hydroxylation is 1. The van der Waals surface area contributed by atoms with Gasteiger partial charge in [0, 0.05) is 26.1 Å². The Labute approximate surface area is 143 Å². The van der Waals surface area contributed by atoms with Crippen LogP contribution in [0, 0.1) is 5.92 Å². The quantitative estimate of drug-likeness (QED) is 0.921. The molecule has 0 unspecified atom stereocenters. The number of rotatable bonds is 4. The van der Waals surface area contributed by atoms with Crippen molar-refractivity contribution >= 4 is 11.9 Å². The summed E-state index contributed by atoms with van der Waals surface area (Å²) in [5.41, 5.74) is 0. The molecule has 1 N–H and O–H groups in total. The van der Waals surface area contributed by atoms with Crippen molar-refractivity contribution < 1.29 is 14.0 Å². The van der Waals surface area contributed by atoms with Crippen LogP contribution < -0.4 is 5.32 Å². The summed E-state index contributed by atoms with van der Waals surface area (Å²) in [6, 6.07) is 3.84. The summed E-state index contributed by atoms with van der Waals surface area (Å²) < 4.78 is 5.93. The lowest BCUT2D eigenvalue weighted by molar-refractivity contribution is -0.137. The smallest absolute Gasteiger partial charge is 0.317 e. The number of likely N-dealkylation sites (tertiary alicyclic amines) is 1. The van der Waals surface area contributed by atoms with Gasteiger partial charge in [0.1, 0.15) is 18.1 Å². The van der Waals surface area contributed by atoms with Crippen molar-refractivity contribution in [2.75, 3.05) is 26.2 Å². The Morgan fingerprint density at radius 2 is 2.21 bits per heavy atom. The van der Waals surface area contributed by atoms with Crippen LogP contribution in [-0.2, 0) is 11.2 Å². The Bertz CT molecular complexity index is 598. The van der Waals surface area contributed by atoms with Gasteiger partial charge in [-0.2, -0.15) is 0 Å². The number of hydrogen-bond donors (Lipinski definition) is 1. The van der Waals surface area contributed by atoms with Gasteiger partial charge in [-0.05, 0) is 37.3 Å². The second-order valence-electron chi connectivity index (χ2n) is 6.90. The first-order valence-electron chi connectivity index (χ1n) is 8.99. The zero-order valence-electron chi connectivity index (χ0n) is 14.6. The van der Waals surface area contributed by atoms with Crippen molar-refractivity contribution in [1.29, 1.82) is 0 Å². The molecule has 24 heavy (non-hydrogen) atoms. The average Bonchev–Trinajstić information content (AvgIpc) is 3.06. The summed E-state index contributed by atoms with van der Waals surface area (Å²) in [5.74, 6) is 2.40. The van der Waals surface area contributed by atoms with Crippen LogP contribution in [0.2, 0.25) is 0 Å². The average molecular weight is 333 g/mol. The zero-order chi connectivity index (χ0) is 17.1. The molecule has 2 fully saturated rings. The van der Waals surface area contributed by atoms with E-state index in [0.717, 1.165) is 43.7 Å². The zero-order valence-corrected chi connectivity index (χ0v) is 14.6. The molecule has 0 radical (unpaired) electrons. The highest BCUT2D eigenvalue weighted by atomic mass is 16.3. The van der Waals surface area contributed by atoms with Gasteiger partial charge in [-0.25, -0.2) is 4.79 Å². The van der Waals surface area contributed by atoms with Crippen LogP contribution in [0.15, 0.2) is 16.5 Å². The first kappa shape index (κ1) is 16.9. The van der Waals surface area contributed by atoms with Gasteiger partial charge in [-0.15, -0.1) is 0 Å². The Kier molecular flexibility index (Phi) is 5.11. The van der Waals surface area contributed by atoms with Crippen LogP contribution in [0.5, 0.6) is 0 Å². The number of urea groups is 1. The van der Waals surface area contributed by atoms with Gasteiger partial charge in [0.05, 0.1) is 6.04 Å². The summed E-state index contributed by atoms with van der Waals surface area (Å²) in [6.45, 7) is 6.49. The third-order valence-electron chi connectivity index (χ3n) is 5.04. The molecule has 0 bridgehead atoms. The number of carbonyl (C=O) groups excluding carboxylic acids is 2. The monoisotopic (exact) mass is 333 g/mol. The third-order valence-corrected chi connectivity index (χ3v) is 5.04. The van der Waals surface area contributed by atoms with E-state index >= 15 is 0 Å². The third kappa shape index (κ3) is 3.57. The second-order valence-corrected chi connectivity index (χ2v) is 6.90. The minimum Gasteiger partial charge on any atom is -0.464 e. The van der Waals surface area contributed by atoms with E-state index in [1.54, 1.807) is 4.90 Å². The van der Waals surface area contributed by atoms with E-state index in [4.69, 9.17) is 4.42 Å². The van der Waals surface area contributed by atoms with Crippen molar-refractivity contribution in [1.82, 2.24) is 15.1 Å². The molecule has 0 aliphatic carbocycles. The number of nitrogens with one attached hydrogen (secondary N) is 1. The molecule has 3 rings (SSSR count). The van der Waals surface area contributed by atoms with Crippen molar-refractivity contribution in [3.8, 4) is 0 Å². The maximum Gasteiger partial charge on any atom is 0.317 e. The number of piperidine rings is 1.